The molecule has 0 atom stereocenters. The first-order valence-corrected chi connectivity index (χ1v) is 1.60. The van der Waals surface area contributed by atoms with E-state index in [-0.39, 0.29) is 0 Å². The van der Waals surface area contributed by atoms with Crippen LogP contribution in [0, 0.1) is 5.41 Å². The van der Waals surface area contributed by atoms with E-state index in [0.29, 0.717) is 6.40 Å². The molecule has 0 saturated carbocycles. The van der Waals surface area contributed by atoms with Gasteiger partial charge in [0.25, 0.3) is 0 Å². The minimum absolute atomic E-state index is 0.529. The summed E-state index contributed by atoms with van der Waals surface area (Å²) in [7, 11) is 0. The Hall–Kier alpha value is -1.06. The molecule has 0 saturated heterocycles. The average molecular weight is 103 g/mol. The molecule has 0 amide bonds. The van der Waals surface area contributed by atoms with Gasteiger partial charge in [0.1, 0.15) is 0 Å². The maximum Gasteiger partial charge on any atom is 0.352 e. The second kappa shape index (κ2) is 3.14. The largest absolute Gasteiger partial charge is 0.352 e. The van der Waals surface area contributed by atoms with Crippen molar-refractivity contribution in [1.82, 2.24) is 0 Å². The number of rotatable bonds is 2. The highest BCUT2D eigenvalue weighted by Crippen LogP contribution is 1.71. The summed E-state index contributed by atoms with van der Waals surface area (Å²) in [5.41, 5.74) is 0. The first-order chi connectivity index (χ1) is 3.27. The fourth-order valence-corrected chi connectivity index (χ4v) is 0.0918. The normalized spacial score (nSPS) is 7.00. The van der Waals surface area contributed by atoms with Gasteiger partial charge in [-0.2, -0.15) is 0 Å². The van der Waals surface area contributed by atoms with Crippen LogP contribution >= 0.6 is 0 Å². The van der Waals surface area contributed by atoms with Gasteiger partial charge in [0.15, 0.2) is 0 Å². The molecule has 0 spiro atoms. The molecule has 0 aliphatic rings. The topological polar surface area (TPSA) is 59.4 Å². The Labute approximate surface area is 40.5 Å². The van der Waals surface area contributed by atoms with Crippen molar-refractivity contribution in [2.24, 2.45) is 0 Å². The summed E-state index contributed by atoms with van der Waals surface area (Å²) < 4.78 is 0. The van der Waals surface area contributed by atoms with Crippen LogP contribution in [0.4, 0.5) is 0 Å². The second-order valence-corrected chi connectivity index (χ2v) is 0.789. The van der Waals surface area contributed by atoms with Gasteiger partial charge in [-0.25, -0.2) is 9.68 Å². The molecule has 40 valence electrons. The van der Waals surface area contributed by atoms with Crippen molar-refractivity contribution in [3.8, 4) is 0 Å². The maximum absolute atomic E-state index is 9.75. The molecular formula is C3H5NO3. The van der Waals surface area contributed by atoms with Crippen molar-refractivity contribution in [1.29, 1.82) is 5.41 Å². The van der Waals surface area contributed by atoms with Crippen molar-refractivity contribution in [2.45, 2.75) is 6.92 Å². The summed E-state index contributed by atoms with van der Waals surface area (Å²) in [4.78, 5) is 17.3. The fourth-order valence-electron chi connectivity index (χ4n) is 0.0918. The summed E-state index contributed by atoms with van der Waals surface area (Å²) in [6, 6.07) is 0. The number of carbonyl (C=O) groups is 1. The molecule has 0 aromatic carbocycles. The monoisotopic (exact) mass is 103 g/mol. The minimum atomic E-state index is -0.566. The van der Waals surface area contributed by atoms with Crippen LogP contribution in [-0.2, 0) is 14.6 Å². The van der Waals surface area contributed by atoms with Crippen LogP contribution in [0.5, 0.6) is 0 Å². The lowest BCUT2D eigenvalue weighted by Crippen LogP contribution is -1.96. The Kier molecular flexibility index (Phi) is 2.67. The first kappa shape index (κ1) is 5.94. The Morgan fingerprint density at radius 1 is 1.86 bits per heavy atom. The van der Waals surface area contributed by atoms with E-state index in [9.17, 15) is 4.79 Å². The van der Waals surface area contributed by atoms with Crippen LogP contribution in [0.2, 0.25) is 0 Å². The van der Waals surface area contributed by atoms with Crippen molar-refractivity contribution in [3.63, 3.8) is 0 Å². The van der Waals surface area contributed by atoms with E-state index >= 15 is 0 Å². The molecule has 1 N–H and O–H groups in total. The molecule has 4 nitrogen and oxygen atoms in total. The highest BCUT2D eigenvalue weighted by atomic mass is 17.2. The summed E-state index contributed by atoms with van der Waals surface area (Å²) in [5.74, 6) is -0.566. The smallest absolute Gasteiger partial charge is 0.275 e. The zero-order valence-corrected chi connectivity index (χ0v) is 3.80. The van der Waals surface area contributed by atoms with Gasteiger partial charge >= 0.3 is 5.97 Å². The van der Waals surface area contributed by atoms with Crippen LogP contribution < -0.4 is 0 Å². The Balaban J connectivity index is 2.97. The molecule has 0 heterocycles. The van der Waals surface area contributed by atoms with E-state index in [4.69, 9.17) is 5.41 Å². The van der Waals surface area contributed by atoms with E-state index in [1.54, 1.807) is 0 Å². The van der Waals surface area contributed by atoms with E-state index in [2.05, 4.69) is 9.78 Å². The van der Waals surface area contributed by atoms with Gasteiger partial charge in [-0.15, -0.1) is 0 Å². The second-order valence-electron chi connectivity index (χ2n) is 0.789. The lowest BCUT2D eigenvalue weighted by molar-refractivity contribution is -0.216. The van der Waals surface area contributed by atoms with Gasteiger partial charge in [-0.05, 0) is 0 Å². The van der Waals surface area contributed by atoms with E-state index in [0.717, 1.165) is 0 Å². The Morgan fingerprint density at radius 3 is 2.57 bits per heavy atom. The molecule has 0 unspecified atom stereocenters. The summed E-state index contributed by atoms with van der Waals surface area (Å²) in [5, 5.41) is 6.17. The third-order valence-corrected chi connectivity index (χ3v) is 0.214. The van der Waals surface area contributed by atoms with Crippen molar-refractivity contribution in [2.75, 3.05) is 0 Å². The standard InChI is InChI=1S/C3H5NO3/c1-3(5)7-6-2-4/h2,4H,1H3. The summed E-state index contributed by atoms with van der Waals surface area (Å²) >= 11 is 0. The third kappa shape index (κ3) is 4.94. The van der Waals surface area contributed by atoms with Gasteiger partial charge in [0, 0.05) is 6.92 Å². The molecule has 4 heteroatoms. The summed E-state index contributed by atoms with van der Waals surface area (Å²) in [6.45, 7) is 1.18. The average Bonchev–Trinajstić information content (AvgIpc) is 1.61. The molecule has 0 aromatic heterocycles. The lowest BCUT2D eigenvalue weighted by atomic mass is 10.8. The molecule has 0 radical (unpaired) electrons. The van der Waals surface area contributed by atoms with Crippen LogP contribution in [-0.4, -0.2) is 12.4 Å². The molecule has 0 rings (SSSR count). The molecule has 0 bridgehead atoms. The zero-order valence-electron chi connectivity index (χ0n) is 3.80. The SMILES string of the molecule is CC(=O)OOC=N. The van der Waals surface area contributed by atoms with E-state index in [1.165, 1.54) is 6.92 Å². The molecule has 0 aliphatic heterocycles. The van der Waals surface area contributed by atoms with Gasteiger partial charge < -0.3 is 0 Å². The van der Waals surface area contributed by atoms with E-state index in [1.807, 2.05) is 0 Å². The number of hydrogen-bond acceptors (Lipinski definition) is 4. The highest BCUT2D eigenvalue weighted by molar-refractivity contribution is 5.65. The van der Waals surface area contributed by atoms with Gasteiger partial charge in [0.05, 0.1) is 0 Å². The van der Waals surface area contributed by atoms with Crippen LogP contribution in [0.3, 0.4) is 0 Å². The van der Waals surface area contributed by atoms with Crippen molar-refractivity contribution >= 4 is 12.4 Å². The van der Waals surface area contributed by atoms with Crippen LogP contribution in [0.25, 0.3) is 0 Å². The number of carbonyl (C=O) groups excluding carboxylic acids is 1. The quantitative estimate of drug-likeness (QED) is 0.233. The first-order valence-electron chi connectivity index (χ1n) is 1.60. The molecule has 0 aliphatic carbocycles. The zero-order chi connectivity index (χ0) is 5.70. The van der Waals surface area contributed by atoms with Crippen molar-refractivity contribution < 1.29 is 14.6 Å². The molecule has 0 fully saturated rings. The molecule has 0 aromatic rings. The minimum Gasteiger partial charge on any atom is -0.275 e. The van der Waals surface area contributed by atoms with Crippen molar-refractivity contribution in [3.05, 3.63) is 0 Å². The predicted octanol–water partition coefficient (Wildman–Crippen LogP) is 0.0882. The fraction of sp³-hybridized carbons (Fsp3) is 0.333. The summed E-state index contributed by atoms with van der Waals surface area (Å²) in [6.07, 6.45) is 0.529. The van der Waals surface area contributed by atoms with E-state index < -0.39 is 5.97 Å². The van der Waals surface area contributed by atoms with Gasteiger partial charge in [-0.1, -0.05) is 0 Å². The number of nitrogens with one attached hydrogen (secondary N) is 1. The molecular weight excluding hydrogens is 98.0 g/mol. The van der Waals surface area contributed by atoms with Crippen LogP contribution in [0.15, 0.2) is 0 Å². The predicted molar refractivity (Wildman–Crippen MR) is 21.6 cm³/mol. The lowest BCUT2D eigenvalue weighted by Gasteiger charge is -1.89. The Bertz CT molecular complexity index is 80.2. The number of hydrogen-bond donors (Lipinski definition) is 1. The molecule has 7 heavy (non-hydrogen) atoms. The van der Waals surface area contributed by atoms with Gasteiger partial charge in [0.2, 0.25) is 6.40 Å². The highest BCUT2D eigenvalue weighted by Gasteiger charge is 1.86. The Morgan fingerprint density at radius 2 is 2.43 bits per heavy atom. The third-order valence-electron chi connectivity index (χ3n) is 0.214. The van der Waals surface area contributed by atoms with Gasteiger partial charge in [-0.3, -0.25) is 10.3 Å². The van der Waals surface area contributed by atoms with Crippen LogP contribution in [0.1, 0.15) is 6.92 Å². The maximum atomic E-state index is 9.75.